The van der Waals surface area contributed by atoms with E-state index in [2.05, 4.69) is 0 Å². The van der Waals surface area contributed by atoms with Crippen molar-refractivity contribution in [1.82, 2.24) is 0 Å². The van der Waals surface area contributed by atoms with Crippen molar-refractivity contribution >= 4 is 17.9 Å². The lowest BCUT2D eigenvalue weighted by Gasteiger charge is -2.33. The van der Waals surface area contributed by atoms with Gasteiger partial charge in [0.2, 0.25) is 5.60 Å². The quantitative estimate of drug-likeness (QED) is 0.235. The number of carbonyl (C=O) groups excluding carboxylic acids is 3. The van der Waals surface area contributed by atoms with Crippen LogP contribution in [0.1, 0.15) is 13.8 Å². The van der Waals surface area contributed by atoms with Crippen LogP contribution in [0.15, 0.2) is 0 Å². The summed E-state index contributed by atoms with van der Waals surface area (Å²) in [6.07, 6.45) is -8.93. The Balaban J connectivity index is 5.23. The van der Waals surface area contributed by atoms with E-state index in [9.17, 15) is 34.8 Å². The third-order valence-electron chi connectivity index (χ3n) is 2.66. The molecule has 5 N–H and O–H groups in total. The fourth-order valence-electron chi connectivity index (χ4n) is 1.38. The Bertz CT molecular complexity index is 325. The second-order valence-electron chi connectivity index (χ2n) is 3.93. The van der Waals surface area contributed by atoms with Gasteiger partial charge in [0.25, 0.3) is 0 Å². The molecule has 0 aromatic carbocycles. The summed E-state index contributed by atoms with van der Waals surface area (Å²) in [7, 11) is 0. The molecule has 0 spiro atoms. The van der Waals surface area contributed by atoms with E-state index in [4.69, 9.17) is 5.11 Å². The molecule has 0 fully saturated rings. The van der Waals surface area contributed by atoms with Crippen molar-refractivity contribution < 1.29 is 39.9 Å². The van der Waals surface area contributed by atoms with E-state index in [0.717, 1.165) is 13.8 Å². The van der Waals surface area contributed by atoms with Gasteiger partial charge in [0.05, 0.1) is 0 Å². The Hall–Kier alpha value is -1.19. The Morgan fingerprint density at radius 1 is 1.00 bits per heavy atom. The van der Waals surface area contributed by atoms with E-state index in [1.165, 1.54) is 0 Å². The highest BCUT2D eigenvalue weighted by Crippen LogP contribution is 2.19. The van der Waals surface area contributed by atoms with Crippen molar-refractivity contribution in [3.63, 3.8) is 0 Å². The molecule has 0 aromatic rings. The topological polar surface area (TPSA) is 152 Å². The van der Waals surface area contributed by atoms with Crippen molar-refractivity contribution in [2.24, 2.45) is 0 Å². The summed E-state index contributed by atoms with van der Waals surface area (Å²) in [5.74, 6) is -2.29. The van der Waals surface area contributed by atoms with Gasteiger partial charge in [-0.3, -0.25) is 9.59 Å². The number of aldehydes is 1. The smallest absolute Gasteiger partial charge is 0.209 e. The molecule has 0 bridgehead atoms. The van der Waals surface area contributed by atoms with Gasteiger partial charge >= 0.3 is 0 Å². The molecule has 8 heteroatoms. The average Bonchev–Trinajstić information content (AvgIpc) is 2.33. The summed E-state index contributed by atoms with van der Waals surface area (Å²) in [4.78, 5) is 32.5. The van der Waals surface area contributed by atoms with E-state index in [0.29, 0.717) is 0 Å². The molecule has 4 atom stereocenters. The highest BCUT2D eigenvalue weighted by Gasteiger charge is 2.50. The third-order valence-corrected chi connectivity index (χ3v) is 2.66. The van der Waals surface area contributed by atoms with Crippen molar-refractivity contribution in [3.05, 3.63) is 0 Å². The molecule has 0 aliphatic rings. The van der Waals surface area contributed by atoms with E-state index >= 15 is 0 Å². The molecular weight excluding hydrogens is 248 g/mol. The number of hydrogen-bond donors (Lipinski definition) is 5. The lowest BCUT2D eigenvalue weighted by atomic mass is 9.83. The standard InChI is InChI=1S/C10H16O8/c1-4(12)10(18,5(2)13)9(17)8(16)7(15)6(14)3-11/h3,6-9,14-18H,1-2H3/t6-,7-,8-,9-/m0/s1. The first kappa shape index (κ1) is 16.8. The SMILES string of the molecule is CC(=O)C(O)(C(C)=O)[C@@H](O)[C@@H](O)[C@@H](O)[C@@H](O)C=O. The maximum absolute atomic E-state index is 11.2. The molecule has 0 unspecified atom stereocenters. The van der Waals surface area contributed by atoms with E-state index in [-0.39, 0.29) is 6.29 Å². The molecule has 0 heterocycles. The lowest BCUT2D eigenvalue weighted by molar-refractivity contribution is -0.182. The summed E-state index contributed by atoms with van der Waals surface area (Å²) < 4.78 is 0. The lowest BCUT2D eigenvalue weighted by Crippen LogP contribution is -2.62. The van der Waals surface area contributed by atoms with Crippen LogP contribution in [0.25, 0.3) is 0 Å². The van der Waals surface area contributed by atoms with Crippen LogP contribution in [-0.2, 0) is 14.4 Å². The van der Waals surface area contributed by atoms with Crippen molar-refractivity contribution in [3.8, 4) is 0 Å². The van der Waals surface area contributed by atoms with E-state index < -0.39 is 41.6 Å². The Labute approximate surface area is 102 Å². The van der Waals surface area contributed by atoms with Crippen LogP contribution in [0, 0.1) is 0 Å². The second-order valence-corrected chi connectivity index (χ2v) is 3.93. The number of carbonyl (C=O) groups is 3. The van der Waals surface area contributed by atoms with E-state index in [1.54, 1.807) is 0 Å². The predicted octanol–water partition coefficient (Wildman–Crippen LogP) is -3.46. The van der Waals surface area contributed by atoms with Crippen LogP contribution < -0.4 is 0 Å². The molecule has 0 aromatic heterocycles. The maximum Gasteiger partial charge on any atom is 0.209 e. The highest BCUT2D eigenvalue weighted by atomic mass is 16.4. The number of hydrogen-bond acceptors (Lipinski definition) is 8. The first-order valence-corrected chi connectivity index (χ1v) is 5.02. The molecule has 0 aliphatic carbocycles. The molecule has 0 aliphatic heterocycles. The third kappa shape index (κ3) is 2.98. The molecular formula is C10H16O8. The monoisotopic (exact) mass is 264 g/mol. The van der Waals surface area contributed by atoms with Gasteiger partial charge < -0.3 is 30.3 Å². The van der Waals surface area contributed by atoms with Gasteiger partial charge in [-0.1, -0.05) is 0 Å². The fraction of sp³-hybridized carbons (Fsp3) is 0.700. The minimum atomic E-state index is -2.91. The molecule has 18 heavy (non-hydrogen) atoms. The van der Waals surface area contributed by atoms with Gasteiger partial charge in [-0.25, -0.2) is 0 Å². The maximum atomic E-state index is 11.2. The normalized spacial score (nSPS) is 18.6. The molecule has 0 saturated carbocycles. The van der Waals surface area contributed by atoms with Crippen LogP contribution in [0.4, 0.5) is 0 Å². The number of aliphatic hydroxyl groups excluding tert-OH is 4. The zero-order valence-corrected chi connectivity index (χ0v) is 9.85. The van der Waals surface area contributed by atoms with Crippen molar-refractivity contribution in [1.29, 1.82) is 0 Å². The van der Waals surface area contributed by atoms with Crippen molar-refractivity contribution in [2.75, 3.05) is 0 Å². The largest absolute Gasteiger partial charge is 0.387 e. The van der Waals surface area contributed by atoms with Crippen LogP contribution in [0.2, 0.25) is 0 Å². The second kappa shape index (κ2) is 6.12. The van der Waals surface area contributed by atoms with Gasteiger partial charge in [-0.05, 0) is 13.8 Å². The summed E-state index contributed by atoms with van der Waals surface area (Å²) >= 11 is 0. The number of Topliss-reactive ketones (excluding diaryl/α,β-unsaturated/α-hetero) is 2. The predicted molar refractivity (Wildman–Crippen MR) is 56.4 cm³/mol. The fourth-order valence-corrected chi connectivity index (χ4v) is 1.38. The zero-order valence-electron chi connectivity index (χ0n) is 9.85. The minimum Gasteiger partial charge on any atom is -0.387 e. The van der Waals surface area contributed by atoms with Gasteiger partial charge in [-0.15, -0.1) is 0 Å². The Morgan fingerprint density at radius 2 is 1.39 bits per heavy atom. The summed E-state index contributed by atoms with van der Waals surface area (Å²) in [6.45, 7) is 1.61. The van der Waals surface area contributed by atoms with Gasteiger partial charge in [0, 0.05) is 0 Å². The first-order valence-electron chi connectivity index (χ1n) is 5.02. The Morgan fingerprint density at radius 3 is 1.67 bits per heavy atom. The molecule has 0 saturated heterocycles. The van der Waals surface area contributed by atoms with Gasteiger partial charge in [0.1, 0.15) is 24.4 Å². The van der Waals surface area contributed by atoms with Crippen LogP contribution in [0.3, 0.4) is 0 Å². The molecule has 0 rings (SSSR count). The average molecular weight is 264 g/mol. The summed E-state index contributed by atoms with van der Waals surface area (Å²) in [5, 5.41) is 46.9. The summed E-state index contributed by atoms with van der Waals surface area (Å²) in [6, 6.07) is 0. The Kier molecular flexibility index (Phi) is 5.71. The number of ketones is 2. The summed E-state index contributed by atoms with van der Waals surface area (Å²) in [5.41, 5.74) is -2.91. The molecule has 0 radical (unpaired) electrons. The highest BCUT2D eigenvalue weighted by molar-refractivity contribution is 6.09. The van der Waals surface area contributed by atoms with Crippen LogP contribution in [0.5, 0.6) is 0 Å². The number of rotatable bonds is 7. The molecule has 104 valence electrons. The molecule has 0 amide bonds. The zero-order chi connectivity index (χ0) is 14.7. The van der Waals surface area contributed by atoms with Crippen LogP contribution >= 0.6 is 0 Å². The van der Waals surface area contributed by atoms with Gasteiger partial charge in [0.15, 0.2) is 17.9 Å². The first-order chi connectivity index (χ1) is 8.10. The molecule has 8 nitrogen and oxygen atoms in total. The van der Waals surface area contributed by atoms with Gasteiger partial charge in [-0.2, -0.15) is 0 Å². The number of aliphatic hydroxyl groups is 5. The van der Waals surface area contributed by atoms with E-state index in [1.807, 2.05) is 0 Å². The van der Waals surface area contributed by atoms with Crippen LogP contribution in [-0.4, -0.2) is 73.4 Å². The minimum absolute atomic E-state index is 0.110. The van der Waals surface area contributed by atoms with Crippen molar-refractivity contribution in [2.45, 2.75) is 43.9 Å².